The fraction of sp³-hybridized carbons (Fsp3) is 0.0667. The molecule has 0 unspecified atom stereocenters. The number of carbonyl (C=O) groups is 1. The van der Waals surface area contributed by atoms with Crippen molar-refractivity contribution in [2.75, 3.05) is 6.79 Å². The Kier molecular flexibility index (Phi) is 3.75. The lowest BCUT2D eigenvalue weighted by atomic mass is 10.2. The topological polar surface area (TPSA) is 59.9 Å². The van der Waals surface area contributed by atoms with Gasteiger partial charge in [0.2, 0.25) is 6.79 Å². The van der Waals surface area contributed by atoms with Crippen molar-refractivity contribution >= 4 is 23.7 Å². The molecule has 21 heavy (non-hydrogen) atoms. The number of halogens is 1. The molecule has 6 heteroatoms. The first-order chi connectivity index (χ1) is 10.2. The highest BCUT2D eigenvalue weighted by atomic mass is 35.5. The highest BCUT2D eigenvalue weighted by Crippen LogP contribution is 2.36. The molecular formula is C15H11ClN2O3. The Balaban J connectivity index is 1.71. The smallest absolute Gasteiger partial charge is 0.271 e. The van der Waals surface area contributed by atoms with Crippen LogP contribution in [0.1, 0.15) is 15.9 Å². The summed E-state index contributed by atoms with van der Waals surface area (Å²) in [6.07, 6.45) is 1.46. The van der Waals surface area contributed by atoms with Gasteiger partial charge in [0, 0.05) is 17.2 Å². The van der Waals surface area contributed by atoms with Crippen LogP contribution in [0.2, 0.25) is 5.02 Å². The Morgan fingerprint density at radius 2 is 1.90 bits per heavy atom. The van der Waals surface area contributed by atoms with E-state index in [9.17, 15) is 4.79 Å². The zero-order valence-electron chi connectivity index (χ0n) is 10.9. The molecule has 0 spiro atoms. The third-order valence-corrected chi connectivity index (χ3v) is 3.22. The van der Waals surface area contributed by atoms with Crippen molar-refractivity contribution < 1.29 is 14.3 Å². The average molecular weight is 303 g/mol. The number of nitrogens with one attached hydrogen (secondary N) is 1. The molecule has 1 heterocycles. The number of hydrogen-bond donors (Lipinski definition) is 1. The van der Waals surface area contributed by atoms with E-state index in [1.54, 1.807) is 36.4 Å². The van der Waals surface area contributed by atoms with Crippen LogP contribution >= 0.6 is 11.6 Å². The van der Waals surface area contributed by atoms with Crippen molar-refractivity contribution in [3.63, 3.8) is 0 Å². The maximum Gasteiger partial charge on any atom is 0.271 e. The van der Waals surface area contributed by atoms with Crippen molar-refractivity contribution in [2.24, 2.45) is 5.10 Å². The second-order valence-electron chi connectivity index (χ2n) is 4.29. The summed E-state index contributed by atoms with van der Waals surface area (Å²) in [5, 5.41) is 4.37. The van der Waals surface area contributed by atoms with Gasteiger partial charge in [-0.05, 0) is 18.2 Å². The maximum absolute atomic E-state index is 11.8. The zero-order valence-corrected chi connectivity index (χ0v) is 11.6. The molecule has 0 bridgehead atoms. The highest BCUT2D eigenvalue weighted by molar-refractivity contribution is 6.33. The summed E-state index contributed by atoms with van der Waals surface area (Å²) >= 11 is 6.10. The van der Waals surface area contributed by atoms with E-state index in [1.807, 2.05) is 6.07 Å². The maximum atomic E-state index is 11.8. The number of nitrogens with zero attached hydrogens (tertiary/aromatic N) is 1. The van der Waals surface area contributed by atoms with Crippen molar-refractivity contribution in [1.29, 1.82) is 0 Å². The summed E-state index contributed by atoms with van der Waals surface area (Å²) in [7, 11) is 0. The molecule has 1 aliphatic heterocycles. The second kappa shape index (κ2) is 5.85. The molecule has 0 radical (unpaired) electrons. The Hall–Kier alpha value is -2.53. The van der Waals surface area contributed by atoms with Crippen LogP contribution in [-0.2, 0) is 0 Å². The van der Waals surface area contributed by atoms with Crippen molar-refractivity contribution in [2.45, 2.75) is 0 Å². The number of ether oxygens (including phenoxy) is 2. The van der Waals surface area contributed by atoms with Crippen LogP contribution in [0.3, 0.4) is 0 Å². The molecule has 1 aliphatic rings. The molecule has 2 aromatic carbocycles. The molecular weight excluding hydrogens is 292 g/mol. The minimum Gasteiger partial charge on any atom is -0.454 e. The van der Waals surface area contributed by atoms with Gasteiger partial charge in [-0.3, -0.25) is 4.79 Å². The largest absolute Gasteiger partial charge is 0.454 e. The summed E-state index contributed by atoms with van der Waals surface area (Å²) < 4.78 is 10.5. The standard InChI is InChI=1S/C15H11ClN2O3/c16-12-7-14-13(20-9-21-14)6-11(12)8-17-18-15(19)10-4-2-1-3-5-10/h1-8H,9H2,(H,18,19)/b17-8-. The lowest BCUT2D eigenvalue weighted by Crippen LogP contribution is -2.17. The molecule has 0 aliphatic carbocycles. The number of amides is 1. The van der Waals surface area contributed by atoms with Gasteiger partial charge in [0.05, 0.1) is 11.2 Å². The molecule has 1 amide bonds. The van der Waals surface area contributed by atoms with Crippen LogP contribution in [-0.4, -0.2) is 18.9 Å². The summed E-state index contributed by atoms with van der Waals surface area (Å²) in [5.74, 6) is 0.921. The number of fused-ring (bicyclic) bond motifs is 1. The second-order valence-corrected chi connectivity index (χ2v) is 4.70. The molecule has 2 aromatic rings. The number of rotatable bonds is 3. The van der Waals surface area contributed by atoms with E-state index in [0.29, 0.717) is 27.6 Å². The Morgan fingerprint density at radius 3 is 2.67 bits per heavy atom. The van der Waals surface area contributed by atoms with Crippen molar-refractivity contribution in [1.82, 2.24) is 5.43 Å². The first-order valence-corrected chi connectivity index (χ1v) is 6.59. The third-order valence-electron chi connectivity index (χ3n) is 2.90. The zero-order chi connectivity index (χ0) is 14.7. The normalized spacial score (nSPS) is 12.6. The first kappa shape index (κ1) is 13.5. The molecule has 0 aromatic heterocycles. The van der Waals surface area contributed by atoms with E-state index in [-0.39, 0.29) is 12.7 Å². The number of hydrazone groups is 1. The van der Waals surface area contributed by atoms with Gasteiger partial charge in [-0.1, -0.05) is 29.8 Å². The van der Waals surface area contributed by atoms with Crippen molar-refractivity contribution in [3.8, 4) is 11.5 Å². The van der Waals surface area contributed by atoms with E-state index in [4.69, 9.17) is 21.1 Å². The van der Waals surface area contributed by atoms with E-state index in [2.05, 4.69) is 10.5 Å². The SMILES string of the molecule is O=C(N/N=C\c1cc2c(cc1Cl)OCO2)c1ccccc1. The molecule has 0 saturated carbocycles. The average Bonchev–Trinajstić information content (AvgIpc) is 2.95. The minimum absolute atomic E-state index is 0.178. The van der Waals surface area contributed by atoms with E-state index < -0.39 is 0 Å². The van der Waals surface area contributed by atoms with Gasteiger partial charge >= 0.3 is 0 Å². The quantitative estimate of drug-likeness (QED) is 0.700. The van der Waals surface area contributed by atoms with Gasteiger partial charge in [-0.15, -0.1) is 0 Å². The minimum atomic E-state index is -0.288. The van der Waals surface area contributed by atoms with Gasteiger partial charge in [0.1, 0.15) is 0 Å². The highest BCUT2D eigenvalue weighted by Gasteiger charge is 2.15. The summed E-state index contributed by atoms with van der Waals surface area (Å²) in [4.78, 5) is 11.8. The van der Waals surface area contributed by atoms with Gasteiger partial charge in [0.25, 0.3) is 5.91 Å². The van der Waals surface area contributed by atoms with E-state index >= 15 is 0 Å². The van der Waals surface area contributed by atoms with Crippen LogP contribution < -0.4 is 14.9 Å². The molecule has 106 valence electrons. The predicted octanol–water partition coefficient (Wildman–Crippen LogP) is 2.83. The fourth-order valence-corrected chi connectivity index (χ4v) is 2.05. The molecule has 0 saturated heterocycles. The van der Waals surface area contributed by atoms with Gasteiger partial charge in [0.15, 0.2) is 11.5 Å². The predicted molar refractivity (Wildman–Crippen MR) is 79.1 cm³/mol. The summed E-state index contributed by atoms with van der Waals surface area (Å²) in [6, 6.07) is 12.2. The van der Waals surface area contributed by atoms with Gasteiger partial charge in [-0.2, -0.15) is 5.10 Å². The number of benzene rings is 2. The van der Waals surface area contributed by atoms with E-state index in [0.717, 1.165) is 0 Å². The van der Waals surface area contributed by atoms with Crippen LogP contribution in [0.15, 0.2) is 47.6 Å². The summed E-state index contributed by atoms with van der Waals surface area (Å²) in [6.45, 7) is 0.178. The van der Waals surface area contributed by atoms with E-state index in [1.165, 1.54) is 6.21 Å². The third kappa shape index (κ3) is 2.98. The lowest BCUT2D eigenvalue weighted by molar-refractivity contribution is 0.0955. The van der Waals surface area contributed by atoms with Crippen molar-refractivity contribution in [3.05, 3.63) is 58.6 Å². The molecule has 5 nitrogen and oxygen atoms in total. The van der Waals surface area contributed by atoms with Crippen LogP contribution in [0.5, 0.6) is 11.5 Å². The fourth-order valence-electron chi connectivity index (χ4n) is 1.85. The Morgan fingerprint density at radius 1 is 1.19 bits per heavy atom. The lowest BCUT2D eigenvalue weighted by Gasteiger charge is -2.02. The van der Waals surface area contributed by atoms with Crippen LogP contribution in [0.25, 0.3) is 0 Å². The molecule has 1 N–H and O–H groups in total. The molecule has 0 fully saturated rings. The van der Waals surface area contributed by atoms with Crippen LogP contribution in [0, 0.1) is 0 Å². The summed E-state index contributed by atoms with van der Waals surface area (Å²) in [5.41, 5.74) is 3.61. The van der Waals surface area contributed by atoms with Gasteiger partial charge < -0.3 is 9.47 Å². The molecule has 0 atom stereocenters. The Bertz CT molecular complexity index is 702. The number of carbonyl (C=O) groups excluding carboxylic acids is 1. The monoisotopic (exact) mass is 302 g/mol. The molecule has 3 rings (SSSR count). The Labute approximate surface area is 126 Å². The first-order valence-electron chi connectivity index (χ1n) is 6.21. The number of hydrogen-bond acceptors (Lipinski definition) is 4. The van der Waals surface area contributed by atoms with Gasteiger partial charge in [-0.25, -0.2) is 5.43 Å². The van der Waals surface area contributed by atoms with Crippen LogP contribution in [0.4, 0.5) is 0 Å².